The largest absolute Gasteiger partial charge is 0.493 e. The van der Waals surface area contributed by atoms with E-state index in [0.717, 1.165) is 34.7 Å². The van der Waals surface area contributed by atoms with Crippen molar-refractivity contribution in [1.29, 1.82) is 0 Å². The first-order valence-corrected chi connectivity index (χ1v) is 9.30. The van der Waals surface area contributed by atoms with Crippen molar-refractivity contribution in [2.45, 2.75) is 46.6 Å². The van der Waals surface area contributed by atoms with E-state index in [1.807, 2.05) is 33.8 Å². The minimum absolute atomic E-state index is 0.00217. The summed E-state index contributed by atoms with van der Waals surface area (Å²) < 4.78 is 19.0. The van der Waals surface area contributed by atoms with Crippen molar-refractivity contribution in [3.05, 3.63) is 53.3 Å². The Bertz CT molecular complexity index is 825. The van der Waals surface area contributed by atoms with Gasteiger partial charge in [0.05, 0.1) is 12.6 Å². The lowest BCUT2D eigenvalue weighted by Crippen LogP contribution is -2.22. The molecule has 144 valence electrons. The molecule has 0 saturated heterocycles. The second kappa shape index (κ2) is 7.59. The summed E-state index contributed by atoms with van der Waals surface area (Å²) in [5.74, 6) is 0.527. The Labute approximate surface area is 160 Å². The Balaban J connectivity index is 1.79. The van der Waals surface area contributed by atoms with Crippen LogP contribution in [0, 0.1) is 18.2 Å². The monoisotopic (exact) mass is 370 g/mol. The van der Waals surface area contributed by atoms with E-state index in [1.165, 1.54) is 12.1 Å². The van der Waals surface area contributed by atoms with Crippen LogP contribution < -0.4 is 15.4 Å². The van der Waals surface area contributed by atoms with Gasteiger partial charge in [0.1, 0.15) is 11.6 Å². The van der Waals surface area contributed by atoms with Crippen molar-refractivity contribution in [2.75, 3.05) is 17.2 Å². The molecule has 4 nitrogen and oxygen atoms in total. The third-order valence-corrected chi connectivity index (χ3v) is 4.55. The molecule has 0 radical (unpaired) electrons. The highest BCUT2D eigenvalue weighted by atomic mass is 19.1. The summed E-state index contributed by atoms with van der Waals surface area (Å²) in [5.41, 5.74) is 3.64. The summed E-state index contributed by atoms with van der Waals surface area (Å²) in [6, 6.07) is 10.4. The maximum atomic E-state index is 13.1. The minimum Gasteiger partial charge on any atom is -0.493 e. The van der Waals surface area contributed by atoms with E-state index in [9.17, 15) is 9.18 Å². The van der Waals surface area contributed by atoms with Crippen LogP contribution in [0.1, 0.15) is 50.8 Å². The van der Waals surface area contributed by atoms with Gasteiger partial charge < -0.3 is 15.4 Å². The van der Waals surface area contributed by atoms with Gasteiger partial charge in [-0.25, -0.2) is 4.39 Å². The summed E-state index contributed by atoms with van der Waals surface area (Å²) in [5, 5.41) is 6.46. The summed E-state index contributed by atoms with van der Waals surface area (Å²) in [6.45, 7) is 8.70. The fraction of sp³-hybridized carbons (Fsp3) is 0.409. The maximum absolute atomic E-state index is 13.1. The Morgan fingerprint density at radius 2 is 1.93 bits per heavy atom. The number of carbonyl (C=O) groups excluding carboxylic acids is 1. The molecule has 1 amide bonds. The number of rotatable bonds is 4. The second-order valence-electron chi connectivity index (χ2n) is 8.33. The molecule has 0 saturated carbocycles. The number of nitrogens with one attached hydrogen (secondary N) is 2. The van der Waals surface area contributed by atoms with Gasteiger partial charge in [-0.2, -0.15) is 0 Å². The van der Waals surface area contributed by atoms with Gasteiger partial charge in [0.15, 0.2) is 0 Å². The lowest BCUT2D eigenvalue weighted by atomic mass is 9.91. The molecule has 1 atom stereocenters. The summed E-state index contributed by atoms with van der Waals surface area (Å²) >= 11 is 0. The zero-order valence-electron chi connectivity index (χ0n) is 16.4. The van der Waals surface area contributed by atoms with E-state index in [1.54, 1.807) is 12.1 Å². The molecule has 2 aromatic carbocycles. The third-order valence-electron chi connectivity index (χ3n) is 4.55. The zero-order valence-corrected chi connectivity index (χ0v) is 16.4. The number of hydrogen-bond donors (Lipinski definition) is 2. The SMILES string of the molecule is Cc1cc2c(cc1NC(=O)CC(C)(C)C)OCC[C@H]2Nc1ccc(F)cc1. The summed E-state index contributed by atoms with van der Waals surface area (Å²) in [6.07, 6.45) is 1.28. The molecule has 0 aliphatic carbocycles. The number of aryl methyl sites for hydroxylation is 1. The van der Waals surface area contributed by atoms with Gasteiger partial charge in [0.25, 0.3) is 0 Å². The van der Waals surface area contributed by atoms with E-state index in [2.05, 4.69) is 16.7 Å². The minimum atomic E-state index is -0.251. The van der Waals surface area contributed by atoms with Crippen molar-refractivity contribution in [1.82, 2.24) is 0 Å². The molecular formula is C22H27FN2O2. The van der Waals surface area contributed by atoms with E-state index in [4.69, 9.17) is 4.74 Å². The molecule has 0 spiro atoms. The normalized spacial score (nSPS) is 16.3. The third kappa shape index (κ3) is 5.00. The molecular weight excluding hydrogens is 343 g/mol. The molecule has 5 heteroatoms. The Morgan fingerprint density at radius 1 is 1.22 bits per heavy atom. The smallest absolute Gasteiger partial charge is 0.224 e. The topological polar surface area (TPSA) is 50.4 Å². The average molecular weight is 370 g/mol. The van der Waals surface area contributed by atoms with Crippen molar-refractivity contribution < 1.29 is 13.9 Å². The lowest BCUT2D eigenvalue weighted by Gasteiger charge is -2.29. The van der Waals surface area contributed by atoms with Crippen LogP contribution >= 0.6 is 0 Å². The van der Waals surface area contributed by atoms with Crippen molar-refractivity contribution in [3.63, 3.8) is 0 Å². The van der Waals surface area contributed by atoms with Gasteiger partial charge in [0.2, 0.25) is 5.91 Å². The number of carbonyl (C=O) groups is 1. The molecule has 2 N–H and O–H groups in total. The number of halogens is 1. The van der Waals surface area contributed by atoms with Gasteiger partial charge in [-0.05, 0) is 48.2 Å². The van der Waals surface area contributed by atoms with E-state index < -0.39 is 0 Å². The first kappa shape index (κ1) is 19.2. The molecule has 1 heterocycles. The molecule has 0 aromatic heterocycles. The number of benzene rings is 2. The summed E-state index contributed by atoms with van der Waals surface area (Å²) in [7, 11) is 0. The molecule has 1 aliphatic rings. The predicted octanol–water partition coefficient (Wildman–Crippen LogP) is 5.44. The first-order chi connectivity index (χ1) is 12.7. The number of ether oxygens (including phenoxy) is 1. The molecule has 1 aliphatic heterocycles. The van der Waals surface area contributed by atoms with Crippen LogP contribution in [-0.2, 0) is 4.79 Å². The van der Waals surface area contributed by atoms with Gasteiger partial charge in [-0.1, -0.05) is 20.8 Å². The van der Waals surface area contributed by atoms with Crippen LogP contribution in [0.3, 0.4) is 0 Å². The number of fused-ring (bicyclic) bond motifs is 1. The van der Waals surface area contributed by atoms with Crippen molar-refractivity contribution in [2.24, 2.45) is 5.41 Å². The number of amides is 1. The molecule has 0 fully saturated rings. The summed E-state index contributed by atoms with van der Waals surface area (Å²) in [4.78, 5) is 12.3. The van der Waals surface area contributed by atoms with Gasteiger partial charge >= 0.3 is 0 Å². The number of hydrogen-bond acceptors (Lipinski definition) is 3. The second-order valence-corrected chi connectivity index (χ2v) is 8.33. The van der Waals surface area contributed by atoms with Crippen LogP contribution in [0.25, 0.3) is 0 Å². The van der Waals surface area contributed by atoms with E-state index in [-0.39, 0.29) is 23.2 Å². The average Bonchev–Trinajstić information content (AvgIpc) is 2.56. The maximum Gasteiger partial charge on any atom is 0.224 e. The molecule has 2 aromatic rings. The van der Waals surface area contributed by atoms with Crippen LogP contribution in [-0.4, -0.2) is 12.5 Å². The quantitative estimate of drug-likeness (QED) is 0.753. The van der Waals surface area contributed by atoms with E-state index >= 15 is 0 Å². The van der Waals surface area contributed by atoms with Crippen molar-refractivity contribution >= 4 is 17.3 Å². The molecule has 0 unspecified atom stereocenters. The molecule has 3 rings (SSSR count). The van der Waals surface area contributed by atoms with E-state index in [0.29, 0.717) is 13.0 Å². The Kier molecular flexibility index (Phi) is 5.40. The van der Waals surface area contributed by atoms with Crippen LogP contribution in [0.2, 0.25) is 0 Å². The Hall–Kier alpha value is -2.56. The predicted molar refractivity (Wildman–Crippen MR) is 107 cm³/mol. The fourth-order valence-corrected chi connectivity index (χ4v) is 3.26. The van der Waals surface area contributed by atoms with Crippen LogP contribution in [0.15, 0.2) is 36.4 Å². The molecule has 0 bridgehead atoms. The number of anilines is 2. The fourth-order valence-electron chi connectivity index (χ4n) is 3.26. The van der Waals surface area contributed by atoms with Gasteiger partial charge in [-0.3, -0.25) is 4.79 Å². The standard InChI is InChI=1S/C22H27FN2O2/c1-14-11-17-18(24-16-7-5-15(23)6-8-16)9-10-27-20(17)12-19(14)25-21(26)13-22(2,3)4/h5-8,11-12,18,24H,9-10,13H2,1-4H3,(H,25,26)/t18-/m1/s1. The lowest BCUT2D eigenvalue weighted by molar-refractivity contribution is -0.117. The first-order valence-electron chi connectivity index (χ1n) is 9.30. The van der Waals surface area contributed by atoms with Gasteiger partial charge in [0, 0.05) is 35.8 Å². The highest BCUT2D eigenvalue weighted by Gasteiger charge is 2.24. The molecule has 27 heavy (non-hydrogen) atoms. The van der Waals surface area contributed by atoms with Crippen LogP contribution in [0.4, 0.5) is 15.8 Å². The van der Waals surface area contributed by atoms with Crippen LogP contribution in [0.5, 0.6) is 5.75 Å². The zero-order chi connectivity index (χ0) is 19.6. The highest BCUT2D eigenvalue weighted by molar-refractivity contribution is 5.92. The van der Waals surface area contributed by atoms with Crippen molar-refractivity contribution in [3.8, 4) is 5.75 Å². The Morgan fingerprint density at radius 3 is 2.59 bits per heavy atom. The highest BCUT2D eigenvalue weighted by Crippen LogP contribution is 2.38. The van der Waals surface area contributed by atoms with Gasteiger partial charge in [-0.15, -0.1) is 0 Å².